The standard InChI is InChI=1S/C12H10FN3O5/c13-7-3-6(11(19)20)1-2-8(7)15-9(17)5-16-10(18)4-14-12(16)21/h1-3H,4-5H2,(H,14,21)(H,15,17)(H,19,20). The molecule has 1 saturated heterocycles. The molecule has 0 bridgehead atoms. The zero-order valence-electron chi connectivity index (χ0n) is 10.6. The molecule has 1 aliphatic heterocycles. The lowest BCUT2D eigenvalue weighted by molar-refractivity contribution is -0.128. The zero-order chi connectivity index (χ0) is 15.6. The van der Waals surface area contributed by atoms with Gasteiger partial charge in [-0.05, 0) is 18.2 Å². The highest BCUT2D eigenvalue weighted by Gasteiger charge is 2.30. The smallest absolute Gasteiger partial charge is 0.335 e. The fourth-order valence-corrected chi connectivity index (χ4v) is 1.70. The molecule has 1 aliphatic rings. The lowest BCUT2D eigenvalue weighted by Crippen LogP contribution is -2.38. The number of aromatic carboxylic acids is 1. The first-order valence-corrected chi connectivity index (χ1v) is 5.79. The average molecular weight is 295 g/mol. The van der Waals surface area contributed by atoms with Crippen LogP contribution in [0.5, 0.6) is 0 Å². The number of amides is 4. The molecule has 0 radical (unpaired) electrons. The molecule has 9 heteroatoms. The number of nitrogens with one attached hydrogen (secondary N) is 2. The maximum absolute atomic E-state index is 13.6. The number of anilines is 1. The van der Waals surface area contributed by atoms with Gasteiger partial charge in [-0.25, -0.2) is 14.0 Å². The van der Waals surface area contributed by atoms with Crippen LogP contribution in [-0.2, 0) is 9.59 Å². The number of benzene rings is 1. The van der Waals surface area contributed by atoms with E-state index in [2.05, 4.69) is 10.6 Å². The highest BCUT2D eigenvalue weighted by atomic mass is 19.1. The van der Waals surface area contributed by atoms with Crippen LogP contribution in [0, 0.1) is 5.82 Å². The van der Waals surface area contributed by atoms with E-state index in [0.29, 0.717) is 4.90 Å². The van der Waals surface area contributed by atoms with E-state index in [-0.39, 0.29) is 17.8 Å². The molecule has 1 heterocycles. The third-order valence-corrected chi connectivity index (χ3v) is 2.73. The summed E-state index contributed by atoms with van der Waals surface area (Å²) in [5.74, 6) is -3.56. The summed E-state index contributed by atoms with van der Waals surface area (Å²) in [4.78, 5) is 45.5. The first kappa shape index (κ1) is 14.4. The fraction of sp³-hybridized carbons (Fsp3) is 0.167. The molecule has 3 N–H and O–H groups in total. The topological polar surface area (TPSA) is 116 Å². The molecule has 0 saturated carbocycles. The van der Waals surface area contributed by atoms with Crippen molar-refractivity contribution in [3.63, 3.8) is 0 Å². The molecular weight excluding hydrogens is 285 g/mol. The Balaban J connectivity index is 2.04. The average Bonchev–Trinajstić information content (AvgIpc) is 2.72. The lowest BCUT2D eigenvalue weighted by Gasteiger charge is -2.12. The van der Waals surface area contributed by atoms with Crippen molar-refractivity contribution in [3.05, 3.63) is 29.6 Å². The van der Waals surface area contributed by atoms with E-state index in [4.69, 9.17) is 5.11 Å². The Morgan fingerprint density at radius 3 is 2.62 bits per heavy atom. The summed E-state index contributed by atoms with van der Waals surface area (Å²) in [5.41, 5.74) is -0.503. The number of carboxylic acid groups (broad SMARTS) is 1. The van der Waals surface area contributed by atoms with Crippen LogP contribution in [-0.4, -0.2) is 46.9 Å². The fourth-order valence-electron chi connectivity index (χ4n) is 1.70. The molecule has 0 spiro atoms. The minimum absolute atomic E-state index is 0.187. The number of imide groups is 1. The summed E-state index contributed by atoms with van der Waals surface area (Å²) >= 11 is 0. The number of halogens is 1. The van der Waals surface area contributed by atoms with Crippen LogP contribution in [0.4, 0.5) is 14.9 Å². The van der Waals surface area contributed by atoms with Gasteiger partial charge in [-0.1, -0.05) is 0 Å². The summed E-state index contributed by atoms with van der Waals surface area (Å²) in [6, 6.07) is 2.26. The molecular formula is C12H10FN3O5. The van der Waals surface area contributed by atoms with Crippen molar-refractivity contribution in [1.82, 2.24) is 10.2 Å². The Labute approximate surface area is 117 Å². The Kier molecular flexibility index (Phi) is 3.83. The Hall–Kier alpha value is -2.97. The maximum atomic E-state index is 13.6. The zero-order valence-corrected chi connectivity index (χ0v) is 10.6. The van der Waals surface area contributed by atoms with Gasteiger partial charge in [-0.2, -0.15) is 0 Å². The van der Waals surface area contributed by atoms with Gasteiger partial charge in [0.1, 0.15) is 12.4 Å². The second-order valence-corrected chi connectivity index (χ2v) is 4.19. The molecule has 0 aromatic heterocycles. The molecule has 1 aromatic carbocycles. The Morgan fingerprint density at radius 2 is 2.10 bits per heavy atom. The van der Waals surface area contributed by atoms with Gasteiger partial charge >= 0.3 is 12.0 Å². The number of carbonyl (C=O) groups is 4. The predicted molar refractivity (Wildman–Crippen MR) is 67.1 cm³/mol. The van der Waals surface area contributed by atoms with E-state index in [1.165, 1.54) is 0 Å². The van der Waals surface area contributed by atoms with Crippen molar-refractivity contribution in [2.75, 3.05) is 18.4 Å². The molecule has 2 rings (SSSR count). The summed E-state index contributed by atoms with van der Waals surface area (Å²) in [6.45, 7) is -0.738. The SMILES string of the molecule is O=C(CN1C(=O)CNC1=O)Nc1ccc(C(=O)O)cc1F. The lowest BCUT2D eigenvalue weighted by atomic mass is 10.2. The molecule has 8 nitrogen and oxygen atoms in total. The monoisotopic (exact) mass is 295 g/mol. The Bertz CT molecular complexity index is 630. The summed E-state index contributed by atoms with van der Waals surface area (Å²) in [6.07, 6.45) is 0. The molecule has 0 aliphatic carbocycles. The van der Waals surface area contributed by atoms with Crippen LogP contribution in [0.3, 0.4) is 0 Å². The molecule has 1 aromatic rings. The number of rotatable bonds is 4. The normalized spacial score (nSPS) is 14.0. The molecule has 110 valence electrons. The van der Waals surface area contributed by atoms with E-state index < -0.39 is 36.2 Å². The summed E-state index contributed by atoms with van der Waals surface area (Å²) in [7, 11) is 0. The van der Waals surface area contributed by atoms with Crippen molar-refractivity contribution >= 4 is 29.5 Å². The number of hydrogen-bond donors (Lipinski definition) is 3. The van der Waals surface area contributed by atoms with Crippen LogP contribution in [0.15, 0.2) is 18.2 Å². The van der Waals surface area contributed by atoms with Gasteiger partial charge in [-0.3, -0.25) is 14.5 Å². The van der Waals surface area contributed by atoms with Gasteiger partial charge in [-0.15, -0.1) is 0 Å². The second-order valence-electron chi connectivity index (χ2n) is 4.19. The molecule has 0 unspecified atom stereocenters. The number of carbonyl (C=O) groups excluding carboxylic acids is 3. The summed E-state index contributed by atoms with van der Waals surface area (Å²) < 4.78 is 13.6. The minimum Gasteiger partial charge on any atom is -0.478 e. The molecule has 4 amide bonds. The van der Waals surface area contributed by atoms with Gasteiger partial charge < -0.3 is 15.7 Å². The van der Waals surface area contributed by atoms with Crippen molar-refractivity contribution in [1.29, 1.82) is 0 Å². The van der Waals surface area contributed by atoms with Crippen molar-refractivity contribution < 1.29 is 28.7 Å². The van der Waals surface area contributed by atoms with E-state index in [9.17, 15) is 23.6 Å². The Morgan fingerprint density at radius 1 is 1.38 bits per heavy atom. The number of urea groups is 1. The van der Waals surface area contributed by atoms with E-state index >= 15 is 0 Å². The van der Waals surface area contributed by atoms with Crippen LogP contribution >= 0.6 is 0 Å². The van der Waals surface area contributed by atoms with Gasteiger partial charge in [0.05, 0.1) is 17.8 Å². The molecule has 0 atom stereocenters. The van der Waals surface area contributed by atoms with Crippen LogP contribution in [0.25, 0.3) is 0 Å². The van der Waals surface area contributed by atoms with E-state index in [1.54, 1.807) is 0 Å². The van der Waals surface area contributed by atoms with E-state index in [0.717, 1.165) is 18.2 Å². The maximum Gasteiger partial charge on any atom is 0.335 e. The van der Waals surface area contributed by atoms with Crippen LogP contribution in [0.2, 0.25) is 0 Å². The largest absolute Gasteiger partial charge is 0.478 e. The highest BCUT2D eigenvalue weighted by molar-refractivity contribution is 6.06. The minimum atomic E-state index is -1.30. The first-order chi connectivity index (χ1) is 9.88. The van der Waals surface area contributed by atoms with Gasteiger partial charge in [0.2, 0.25) is 5.91 Å². The first-order valence-electron chi connectivity index (χ1n) is 5.79. The quantitative estimate of drug-likeness (QED) is 0.677. The number of nitrogens with zero attached hydrogens (tertiary/aromatic N) is 1. The van der Waals surface area contributed by atoms with Crippen molar-refractivity contribution in [3.8, 4) is 0 Å². The van der Waals surface area contributed by atoms with Crippen molar-refractivity contribution in [2.45, 2.75) is 0 Å². The van der Waals surface area contributed by atoms with Gasteiger partial charge in [0.15, 0.2) is 0 Å². The predicted octanol–water partition coefficient (Wildman–Crippen LogP) is 0.0142. The molecule has 21 heavy (non-hydrogen) atoms. The van der Waals surface area contributed by atoms with Crippen LogP contribution < -0.4 is 10.6 Å². The third-order valence-electron chi connectivity index (χ3n) is 2.73. The number of carboxylic acids is 1. The second kappa shape index (κ2) is 5.57. The highest BCUT2D eigenvalue weighted by Crippen LogP contribution is 2.16. The third kappa shape index (κ3) is 3.14. The van der Waals surface area contributed by atoms with Crippen molar-refractivity contribution in [2.24, 2.45) is 0 Å². The molecule has 1 fully saturated rings. The van der Waals surface area contributed by atoms with Crippen LogP contribution in [0.1, 0.15) is 10.4 Å². The van der Waals surface area contributed by atoms with E-state index in [1.807, 2.05) is 0 Å². The van der Waals surface area contributed by atoms with Gasteiger partial charge in [0, 0.05) is 0 Å². The van der Waals surface area contributed by atoms with Gasteiger partial charge in [0.25, 0.3) is 5.91 Å². The number of hydrogen-bond acceptors (Lipinski definition) is 4. The summed E-state index contributed by atoms with van der Waals surface area (Å²) in [5, 5.41) is 13.1.